The number of nitrogens with one attached hydrogen (secondary N) is 1. The SMILES string of the molecule is CCOC(=O)c1c(C)[nH]c(C)c1C(=O)CSc1nnc(-c2ccc(OC)cc2)n1C1CCCCC1. The summed E-state index contributed by atoms with van der Waals surface area (Å²) in [6.45, 7) is 5.59. The van der Waals surface area contributed by atoms with Gasteiger partial charge in [0.05, 0.1) is 30.6 Å². The fraction of sp³-hybridized carbons (Fsp3) is 0.462. The van der Waals surface area contributed by atoms with E-state index in [-0.39, 0.29) is 18.1 Å². The summed E-state index contributed by atoms with van der Waals surface area (Å²) in [6, 6.07) is 8.09. The Bertz CT molecular complexity index is 1190. The van der Waals surface area contributed by atoms with Gasteiger partial charge in [-0.05, 0) is 57.9 Å². The highest BCUT2D eigenvalue weighted by Crippen LogP contribution is 2.36. The summed E-state index contributed by atoms with van der Waals surface area (Å²) in [5.74, 6) is 1.12. The number of methoxy groups -OCH3 is 1. The molecule has 1 aromatic carbocycles. The number of nitrogens with zero attached hydrogens (tertiary/aromatic N) is 3. The molecule has 9 heteroatoms. The molecule has 2 heterocycles. The Hall–Kier alpha value is -3.07. The predicted octanol–water partition coefficient (Wildman–Crippen LogP) is 5.56. The minimum atomic E-state index is -0.477. The Labute approximate surface area is 209 Å². The summed E-state index contributed by atoms with van der Waals surface area (Å²) in [6.07, 6.45) is 5.69. The molecule has 0 bridgehead atoms. The molecule has 0 aliphatic heterocycles. The lowest BCUT2D eigenvalue weighted by Gasteiger charge is -2.25. The van der Waals surface area contributed by atoms with Crippen LogP contribution >= 0.6 is 11.8 Å². The monoisotopic (exact) mass is 496 g/mol. The van der Waals surface area contributed by atoms with Gasteiger partial charge in [0.2, 0.25) is 0 Å². The Kier molecular flexibility index (Phi) is 7.95. The number of hydrogen-bond acceptors (Lipinski definition) is 7. The first-order valence-electron chi connectivity index (χ1n) is 12.1. The van der Waals surface area contributed by atoms with E-state index in [2.05, 4.69) is 19.7 Å². The fourth-order valence-corrected chi connectivity index (χ4v) is 5.65. The first-order valence-corrected chi connectivity index (χ1v) is 13.0. The van der Waals surface area contributed by atoms with Crippen molar-refractivity contribution < 1.29 is 19.1 Å². The normalized spacial score (nSPS) is 14.2. The zero-order valence-corrected chi connectivity index (χ0v) is 21.5. The lowest BCUT2D eigenvalue weighted by molar-refractivity contribution is 0.0522. The van der Waals surface area contributed by atoms with Crippen molar-refractivity contribution >= 4 is 23.5 Å². The summed E-state index contributed by atoms with van der Waals surface area (Å²) in [4.78, 5) is 28.9. The molecule has 0 unspecified atom stereocenters. The van der Waals surface area contributed by atoms with Crippen LogP contribution in [0.15, 0.2) is 29.4 Å². The molecule has 0 radical (unpaired) electrons. The highest BCUT2D eigenvalue weighted by Gasteiger charge is 2.28. The Balaban J connectivity index is 1.62. The number of aromatic nitrogens is 4. The average Bonchev–Trinajstić information content (AvgIpc) is 3.43. The van der Waals surface area contributed by atoms with E-state index < -0.39 is 5.97 Å². The van der Waals surface area contributed by atoms with Gasteiger partial charge in [-0.15, -0.1) is 10.2 Å². The van der Waals surface area contributed by atoms with Crippen LogP contribution in [0.1, 0.15) is 77.2 Å². The number of ether oxygens (including phenoxy) is 2. The second kappa shape index (κ2) is 11.1. The molecule has 2 aromatic heterocycles. The van der Waals surface area contributed by atoms with Gasteiger partial charge in [-0.3, -0.25) is 9.36 Å². The molecule has 3 aromatic rings. The van der Waals surface area contributed by atoms with Gasteiger partial charge in [0.1, 0.15) is 5.75 Å². The number of esters is 1. The number of aryl methyl sites for hydroxylation is 2. The lowest BCUT2D eigenvalue weighted by atomic mass is 9.95. The second-order valence-electron chi connectivity index (χ2n) is 8.75. The van der Waals surface area contributed by atoms with Crippen molar-refractivity contribution in [1.29, 1.82) is 0 Å². The standard InChI is InChI=1S/C26H32N4O4S/c1-5-34-25(32)23-17(3)27-16(2)22(23)21(31)15-35-26-29-28-24(18-11-13-20(33-4)14-12-18)30(26)19-9-7-6-8-10-19/h11-14,19,27H,5-10,15H2,1-4H3. The number of ketones is 1. The van der Waals surface area contributed by atoms with Crippen molar-refractivity contribution in [3.05, 3.63) is 46.8 Å². The average molecular weight is 497 g/mol. The van der Waals surface area contributed by atoms with Gasteiger partial charge in [-0.2, -0.15) is 0 Å². The predicted molar refractivity (Wildman–Crippen MR) is 135 cm³/mol. The topological polar surface area (TPSA) is 99.1 Å². The Morgan fingerprint density at radius 3 is 2.40 bits per heavy atom. The summed E-state index contributed by atoms with van der Waals surface area (Å²) < 4.78 is 12.7. The molecule has 1 fully saturated rings. The van der Waals surface area contributed by atoms with Crippen LogP contribution in [0.5, 0.6) is 5.75 Å². The molecule has 186 valence electrons. The van der Waals surface area contributed by atoms with Crippen molar-refractivity contribution in [2.24, 2.45) is 0 Å². The van der Waals surface area contributed by atoms with E-state index in [9.17, 15) is 9.59 Å². The molecule has 1 aliphatic rings. The smallest absolute Gasteiger partial charge is 0.340 e. The molecule has 0 atom stereocenters. The highest BCUT2D eigenvalue weighted by atomic mass is 32.2. The van der Waals surface area contributed by atoms with E-state index in [4.69, 9.17) is 9.47 Å². The first-order chi connectivity index (χ1) is 16.9. The third kappa shape index (κ3) is 5.29. The lowest BCUT2D eigenvalue weighted by Crippen LogP contribution is -2.16. The third-order valence-corrected chi connectivity index (χ3v) is 7.36. The summed E-state index contributed by atoms with van der Waals surface area (Å²) >= 11 is 1.37. The minimum Gasteiger partial charge on any atom is -0.497 e. The summed E-state index contributed by atoms with van der Waals surface area (Å²) in [5.41, 5.74) is 2.99. The van der Waals surface area contributed by atoms with E-state index in [1.54, 1.807) is 27.9 Å². The van der Waals surface area contributed by atoms with Gasteiger partial charge in [-0.1, -0.05) is 31.0 Å². The fourth-order valence-electron chi connectivity index (χ4n) is 4.77. The van der Waals surface area contributed by atoms with E-state index in [0.717, 1.165) is 35.1 Å². The number of thioether (sulfide) groups is 1. The number of aromatic amines is 1. The maximum Gasteiger partial charge on any atom is 0.340 e. The van der Waals surface area contributed by atoms with Gasteiger partial charge < -0.3 is 14.5 Å². The molecule has 0 amide bonds. The molecule has 1 aliphatic carbocycles. The van der Waals surface area contributed by atoms with E-state index in [0.29, 0.717) is 28.6 Å². The van der Waals surface area contributed by atoms with Crippen LogP contribution in [0.25, 0.3) is 11.4 Å². The molecule has 4 rings (SSSR count). The van der Waals surface area contributed by atoms with Gasteiger partial charge >= 0.3 is 5.97 Å². The number of H-pyrrole nitrogens is 1. The summed E-state index contributed by atoms with van der Waals surface area (Å²) in [7, 11) is 1.65. The van der Waals surface area contributed by atoms with Crippen molar-refractivity contribution in [1.82, 2.24) is 19.7 Å². The van der Waals surface area contributed by atoms with Gasteiger partial charge in [0.25, 0.3) is 0 Å². The maximum absolute atomic E-state index is 13.3. The Morgan fingerprint density at radius 1 is 1.06 bits per heavy atom. The number of rotatable bonds is 9. The number of hydrogen-bond donors (Lipinski definition) is 1. The minimum absolute atomic E-state index is 0.135. The van der Waals surface area contributed by atoms with E-state index in [1.165, 1.54) is 31.0 Å². The van der Waals surface area contributed by atoms with Crippen LogP contribution in [-0.2, 0) is 4.74 Å². The number of carbonyl (C=O) groups is 2. The van der Waals surface area contributed by atoms with Crippen molar-refractivity contribution in [3.8, 4) is 17.1 Å². The number of carbonyl (C=O) groups excluding carboxylic acids is 2. The third-order valence-electron chi connectivity index (χ3n) is 6.42. The van der Waals surface area contributed by atoms with Gasteiger partial charge in [0, 0.05) is 23.0 Å². The zero-order valence-electron chi connectivity index (χ0n) is 20.7. The molecular weight excluding hydrogens is 464 g/mol. The molecular formula is C26H32N4O4S. The number of benzene rings is 1. The molecule has 0 saturated heterocycles. The molecule has 0 spiro atoms. The largest absolute Gasteiger partial charge is 0.497 e. The van der Waals surface area contributed by atoms with Crippen LogP contribution in [0.2, 0.25) is 0 Å². The van der Waals surface area contributed by atoms with Crippen LogP contribution < -0.4 is 4.74 Å². The number of Topliss-reactive ketones (excluding diaryl/α,β-unsaturated/α-hetero) is 1. The quantitative estimate of drug-likeness (QED) is 0.235. The maximum atomic E-state index is 13.3. The van der Waals surface area contributed by atoms with Crippen LogP contribution in [0, 0.1) is 13.8 Å². The molecule has 8 nitrogen and oxygen atoms in total. The molecule has 1 N–H and O–H groups in total. The first kappa shape index (κ1) is 25.0. The summed E-state index contributed by atoms with van der Waals surface area (Å²) in [5, 5.41) is 9.72. The van der Waals surface area contributed by atoms with Gasteiger partial charge in [-0.25, -0.2) is 4.79 Å². The highest BCUT2D eigenvalue weighted by molar-refractivity contribution is 7.99. The zero-order chi connectivity index (χ0) is 24.9. The Morgan fingerprint density at radius 2 is 1.74 bits per heavy atom. The van der Waals surface area contributed by atoms with Crippen LogP contribution in [0.4, 0.5) is 0 Å². The second-order valence-corrected chi connectivity index (χ2v) is 9.70. The molecule has 35 heavy (non-hydrogen) atoms. The molecule has 1 saturated carbocycles. The van der Waals surface area contributed by atoms with E-state index in [1.807, 2.05) is 24.3 Å². The van der Waals surface area contributed by atoms with E-state index >= 15 is 0 Å². The van der Waals surface area contributed by atoms with Crippen molar-refractivity contribution in [2.45, 2.75) is 64.1 Å². The van der Waals surface area contributed by atoms with Crippen LogP contribution in [0.3, 0.4) is 0 Å². The van der Waals surface area contributed by atoms with Gasteiger partial charge in [0.15, 0.2) is 16.8 Å². The van der Waals surface area contributed by atoms with Crippen LogP contribution in [-0.4, -0.2) is 51.0 Å². The van der Waals surface area contributed by atoms with Crippen molar-refractivity contribution in [3.63, 3.8) is 0 Å². The van der Waals surface area contributed by atoms with Crippen molar-refractivity contribution in [2.75, 3.05) is 19.5 Å².